The number of hydrogen-bond acceptors (Lipinski definition) is 2. The highest BCUT2D eigenvalue weighted by atomic mass is 19.3. The molecule has 6 heteroatoms. The largest absolute Gasteiger partial charge is 0.481 e. The van der Waals surface area contributed by atoms with Crippen molar-refractivity contribution >= 4 is 11.9 Å². The van der Waals surface area contributed by atoms with Crippen molar-refractivity contribution in [2.45, 2.75) is 45.0 Å². The fourth-order valence-corrected chi connectivity index (χ4v) is 2.85. The van der Waals surface area contributed by atoms with Crippen LogP contribution in [0.15, 0.2) is 0 Å². The van der Waals surface area contributed by atoms with Crippen LogP contribution in [0.25, 0.3) is 0 Å². The Morgan fingerprint density at radius 3 is 2.21 bits per heavy atom. The Labute approximate surface area is 110 Å². The zero-order valence-corrected chi connectivity index (χ0v) is 11.0. The molecule has 1 N–H and O–H groups in total. The Bertz CT molecular complexity index is 389. The molecule has 1 heterocycles. The summed E-state index contributed by atoms with van der Waals surface area (Å²) in [6.07, 6.45) is 0.426. The molecule has 0 aromatic rings. The Balaban J connectivity index is 1.92. The van der Waals surface area contributed by atoms with Crippen molar-refractivity contribution in [1.29, 1.82) is 0 Å². The predicted octanol–water partition coefficient (Wildman–Crippen LogP) is 2.14. The predicted molar refractivity (Wildman–Crippen MR) is 63.8 cm³/mol. The SMILES string of the molecule is CC1(C(=O)O)CCN(C(=O)C2CCC(F)(F)C2)CC1. The molecule has 2 rings (SSSR count). The average Bonchev–Trinajstić information content (AvgIpc) is 2.69. The molecule has 2 fully saturated rings. The van der Waals surface area contributed by atoms with Crippen LogP contribution in [0.3, 0.4) is 0 Å². The molecule has 1 aliphatic carbocycles. The van der Waals surface area contributed by atoms with Gasteiger partial charge in [0.2, 0.25) is 11.8 Å². The number of carboxylic acid groups (broad SMARTS) is 1. The molecule has 1 atom stereocenters. The summed E-state index contributed by atoms with van der Waals surface area (Å²) in [5.41, 5.74) is -0.795. The van der Waals surface area contributed by atoms with Crippen molar-refractivity contribution in [3.8, 4) is 0 Å². The van der Waals surface area contributed by atoms with Gasteiger partial charge >= 0.3 is 5.97 Å². The second-order valence-electron chi connectivity index (χ2n) is 5.99. The van der Waals surface area contributed by atoms with Gasteiger partial charge in [0.1, 0.15) is 0 Å². The van der Waals surface area contributed by atoms with E-state index in [-0.39, 0.29) is 25.2 Å². The molecule has 0 radical (unpaired) electrons. The van der Waals surface area contributed by atoms with Gasteiger partial charge in [-0.3, -0.25) is 9.59 Å². The smallest absolute Gasteiger partial charge is 0.309 e. The van der Waals surface area contributed by atoms with E-state index in [0.29, 0.717) is 25.9 Å². The molecule has 0 aromatic carbocycles. The quantitative estimate of drug-likeness (QED) is 0.840. The number of halogens is 2. The molecule has 0 spiro atoms. The number of likely N-dealkylation sites (tertiary alicyclic amines) is 1. The number of hydrogen-bond donors (Lipinski definition) is 1. The molecule has 19 heavy (non-hydrogen) atoms. The average molecular weight is 275 g/mol. The van der Waals surface area contributed by atoms with E-state index in [4.69, 9.17) is 5.11 Å². The van der Waals surface area contributed by atoms with Crippen LogP contribution in [0.1, 0.15) is 39.0 Å². The zero-order chi connectivity index (χ0) is 14.3. The van der Waals surface area contributed by atoms with E-state index in [0.717, 1.165) is 0 Å². The van der Waals surface area contributed by atoms with Crippen LogP contribution in [0.5, 0.6) is 0 Å². The van der Waals surface area contributed by atoms with Crippen molar-refractivity contribution in [1.82, 2.24) is 4.90 Å². The third-order valence-corrected chi connectivity index (χ3v) is 4.45. The number of carboxylic acids is 1. The van der Waals surface area contributed by atoms with Crippen LogP contribution in [0, 0.1) is 11.3 Å². The van der Waals surface area contributed by atoms with E-state index in [1.54, 1.807) is 11.8 Å². The number of amides is 1. The molecule has 0 bridgehead atoms. The molecule has 2 aliphatic rings. The Morgan fingerprint density at radius 2 is 1.79 bits per heavy atom. The first kappa shape index (κ1) is 14.2. The first-order chi connectivity index (χ1) is 8.73. The summed E-state index contributed by atoms with van der Waals surface area (Å²) in [6, 6.07) is 0. The normalized spacial score (nSPS) is 29.2. The van der Waals surface area contributed by atoms with Crippen LogP contribution in [0.2, 0.25) is 0 Å². The molecule has 4 nitrogen and oxygen atoms in total. The summed E-state index contributed by atoms with van der Waals surface area (Å²) in [5.74, 6) is -4.40. The molecule has 1 aliphatic heterocycles. The number of alkyl halides is 2. The third kappa shape index (κ3) is 2.87. The van der Waals surface area contributed by atoms with Gasteiger partial charge in [0, 0.05) is 31.8 Å². The summed E-state index contributed by atoms with van der Waals surface area (Å²) in [6.45, 7) is 2.37. The van der Waals surface area contributed by atoms with Gasteiger partial charge in [-0.1, -0.05) is 0 Å². The fraction of sp³-hybridized carbons (Fsp3) is 0.846. The van der Waals surface area contributed by atoms with Crippen LogP contribution < -0.4 is 0 Å². The number of nitrogens with zero attached hydrogens (tertiary/aromatic N) is 1. The van der Waals surface area contributed by atoms with Crippen molar-refractivity contribution in [3.05, 3.63) is 0 Å². The summed E-state index contributed by atoms with van der Waals surface area (Å²) < 4.78 is 26.2. The molecular formula is C13H19F2NO3. The van der Waals surface area contributed by atoms with E-state index >= 15 is 0 Å². The maximum Gasteiger partial charge on any atom is 0.309 e. The third-order valence-electron chi connectivity index (χ3n) is 4.45. The molecule has 108 valence electrons. The fourth-order valence-electron chi connectivity index (χ4n) is 2.85. The summed E-state index contributed by atoms with van der Waals surface area (Å²) in [7, 11) is 0. The van der Waals surface area contributed by atoms with Crippen molar-refractivity contribution in [3.63, 3.8) is 0 Å². The number of carbonyl (C=O) groups is 2. The van der Waals surface area contributed by atoms with Gasteiger partial charge in [-0.15, -0.1) is 0 Å². The Morgan fingerprint density at radius 1 is 1.21 bits per heavy atom. The minimum Gasteiger partial charge on any atom is -0.481 e. The van der Waals surface area contributed by atoms with E-state index in [1.165, 1.54) is 0 Å². The number of carbonyl (C=O) groups excluding carboxylic acids is 1. The van der Waals surface area contributed by atoms with Gasteiger partial charge in [-0.25, -0.2) is 8.78 Å². The van der Waals surface area contributed by atoms with Gasteiger partial charge in [0.25, 0.3) is 0 Å². The van der Waals surface area contributed by atoms with Crippen LogP contribution in [-0.2, 0) is 9.59 Å². The van der Waals surface area contributed by atoms with Crippen molar-refractivity contribution in [2.75, 3.05) is 13.1 Å². The van der Waals surface area contributed by atoms with Crippen LogP contribution in [-0.4, -0.2) is 40.9 Å². The second kappa shape index (κ2) is 4.72. The first-order valence-corrected chi connectivity index (χ1v) is 6.64. The molecule has 0 aromatic heterocycles. The zero-order valence-electron chi connectivity index (χ0n) is 11.0. The topological polar surface area (TPSA) is 57.6 Å². The van der Waals surface area contributed by atoms with Gasteiger partial charge in [0.05, 0.1) is 5.41 Å². The highest BCUT2D eigenvalue weighted by Crippen LogP contribution is 2.40. The van der Waals surface area contributed by atoms with Gasteiger partial charge in [0.15, 0.2) is 0 Å². The lowest BCUT2D eigenvalue weighted by atomic mass is 9.80. The molecule has 1 saturated carbocycles. The standard InChI is InChI=1S/C13H19F2NO3/c1-12(11(18)19)4-6-16(7-5-12)10(17)9-2-3-13(14,15)8-9/h9H,2-8H2,1H3,(H,18,19). The highest BCUT2D eigenvalue weighted by Gasteiger charge is 2.45. The summed E-state index contributed by atoms with van der Waals surface area (Å²) >= 11 is 0. The molecule has 1 unspecified atom stereocenters. The minimum absolute atomic E-state index is 0.218. The highest BCUT2D eigenvalue weighted by molar-refractivity contribution is 5.80. The lowest BCUT2D eigenvalue weighted by Crippen LogP contribution is -2.46. The van der Waals surface area contributed by atoms with Crippen molar-refractivity contribution in [2.24, 2.45) is 11.3 Å². The number of piperidine rings is 1. The summed E-state index contributed by atoms with van der Waals surface area (Å²) in [4.78, 5) is 24.8. The summed E-state index contributed by atoms with van der Waals surface area (Å²) in [5, 5.41) is 9.10. The van der Waals surface area contributed by atoms with Crippen LogP contribution in [0.4, 0.5) is 8.78 Å². The van der Waals surface area contributed by atoms with Gasteiger partial charge in [-0.05, 0) is 26.2 Å². The van der Waals surface area contributed by atoms with Gasteiger partial charge in [-0.2, -0.15) is 0 Å². The number of rotatable bonds is 2. The molecule has 1 saturated heterocycles. The lowest BCUT2D eigenvalue weighted by Gasteiger charge is -2.37. The monoisotopic (exact) mass is 275 g/mol. The lowest BCUT2D eigenvalue weighted by molar-refractivity contribution is -0.153. The Kier molecular flexibility index (Phi) is 3.53. The van der Waals surface area contributed by atoms with Crippen LogP contribution >= 0.6 is 0 Å². The van der Waals surface area contributed by atoms with E-state index in [1.807, 2.05) is 0 Å². The van der Waals surface area contributed by atoms with Gasteiger partial charge < -0.3 is 10.0 Å². The van der Waals surface area contributed by atoms with E-state index < -0.39 is 23.2 Å². The van der Waals surface area contributed by atoms with Crippen molar-refractivity contribution < 1.29 is 23.5 Å². The van der Waals surface area contributed by atoms with E-state index in [2.05, 4.69) is 0 Å². The number of aliphatic carboxylic acids is 1. The first-order valence-electron chi connectivity index (χ1n) is 6.64. The minimum atomic E-state index is -2.72. The molecular weight excluding hydrogens is 256 g/mol. The second-order valence-corrected chi connectivity index (χ2v) is 5.99. The Hall–Kier alpha value is -1.20. The maximum atomic E-state index is 13.1. The maximum absolute atomic E-state index is 13.1. The van der Waals surface area contributed by atoms with E-state index in [9.17, 15) is 18.4 Å². The molecule has 1 amide bonds.